The molecule has 1 aromatic rings. The van der Waals surface area contributed by atoms with E-state index in [4.69, 9.17) is 0 Å². The fourth-order valence-electron chi connectivity index (χ4n) is 1.63. The normalized spacial score (nSPS) is 12.2. The third-order valence-electron chi connectivity index (χ3n) is 2.89. The standard InChI is InChI=1S/C14H24BrN3S/c1-6-18(7-2)8-9-19-12-10-11(15)16-13(17-12)14(3,4)5/h10H,6-9H2,1-5H3. The van der Waals surface area contributed by atoms with Gasteiger partial charge < -0.3 is 4.90 Å². The molecule has 0 atom stereocenters. The minimum Gasteiger partial charge on any atom is -0.303 e. The zero-order chi connectivity index (χ0) is 14.5. The topological polar surface area (TPSA) is 29.0 Å². The first-order chi connectivity index (χ1) is 8.86. The molecule has 0 amide bonds. The number of halogens is 1. The summed E-state index contributed by atoms with van der Waals surface area (Å²) in [6, 6.07) is 2.00. The number of hydrogen-bond donors (Lipinski definition) is 0. The zero-order valence-electron chi connectivity index (χ0n) is 12.5. The Morgan fingerprint density at radius 1 is 1.21 bits per heavy atom. The molecule has 0 spiro atoms. The van der Waals surface area contributed by atoms with Gasteiger partial charge in [-0.15, -0.1) is 11.8 Å². The van der Waals surface area contributed by atoms with E-state index < -0.39 is 0 Å². The number of hydrogen-bond acceptors (Lipinski definition) is 4. The molecular formula is C14H24BrN3S. The van der Waals surface area contributed by atoms with Crippen LogP contribution >= 0.6 is 27.7 Å². The van der Waals surface area contributed by atoms with Gasteiger partial charge in [0, 0.05) is 23.8 Å². The molecule has 0 N–H and O–H groups in total. The van der Waals surface area contributed by atoms with Gasteiger partial charge in [-0.3, -0.25) is 0 Å². The number of nitrogens with zero attached hydrogens (tertiary/aromatic N) is 3. The second-order valence-corrected chi connectivity index (χ2v) is 7.41. The summed E-state index contributed by atoms with van der Waals surface area (Å²) in [4.78, 5) is 11.5. The zero-order valence-corrected chi connectivity index (χ0v) is 14.9. The average molecular weight is 346 g/mol. The van der Waals surface area contributed by atoms with Crippen molar-refractivity contribution in [1.82, 2.24) is 14.9 Å². The second kappa shape index (κ2) is 7.60. The maximum atomic E-state index is 4.66. The number of aromatic nitrogens is 2. The quantitative estimate of drug-likeness (QED) is 0.576. The molecule has 0 bridgehead atoms. The summed E-state index contributed by atoms with van der Waals surface area (Å²) in [7, 11) is 0. The van der Waals surface area contributed by atoms with E-state index in [1.165, 1.54) is 0 Å². The molecular weight excluding hydrogens is 322 g/mol. The lowest BCUT2D eigenvalue weighted by molar-refractivity contribution is 0.324. The molecule has 108 valence electrons. The van der Waals surface area contributed by atoms with Crippen molar-refractivity contribution in [2.24, 2.45) is 0 Å². The lowest BCUT2D eigenvalue weighted by Crippen LogP contribution is -2.25. The van der Waals surface area contributed by atoms with Crippen molar-refractivity contribution in [3.8, 4) is 0 Å². The van der Waals surface area contributed by atoms with Crippen molar-refractivity contribution in [3.63, 3.8) is 0 Å². The van der Waals surface area contributed by atoms with Crippen LogP contribution in [0.15, 0.2) is 15.7 Å². The van der Waals surface area contributed by atoms with Crippen molar-refractivity contribution >= 4 is 27.7 Å². The van der Waals surface area contributed by atoms with Gasteiger partial charge in [0.15, 0.2) is 0 Å². The van der Waals surface area contributed by atoms with Crippen LogP contribution in [-0.4, -0.2) is 40.3 Å². The van der Waals surface area contributed by atoms with Crippen LogP contribution < -0.4 is 0 Å². The van der Waals surface area contributed by atoms with Gasteiger partial charge in [0.25, 0.3) is 0 Å². The van der Waals surface area contributed by atoms with Crippen LogP contribution in [-0.2, 0) is 5.41 Å². The molecule has 0 saturated heterocycles. The van der Waals surface area contributed by atoms with Crippen molar-refractivity contribution in [2.75, 3.05) is 25.4 Å². The van der Waals surface area contributed by atoms with E-state index in [1.54, 1.807) is 11.8 Å². The largest absolute Gasteiger partial charge is 0.303 e. The molecule has 3 nitrogen and oxygen atoms in total. The molecule has 0 unspecified atom stereocenters. The van der Waals surface area contributed by atoms with Gasteiger partial charge in [-0.25, -0.2) is 9.97 Å². The Morgan fingerprint density at radius 3 is 2.37 bits per heavy atom. The fraction of sp³-hybridized carbons (Fsp3) is 0.714. The summed E-state index contributed by atoms with van der Waals surface area (Å²) in [5.41, 5.74) is -0.0159. The summed E-state index contributed by atoms with van der Waals surface area (Å²) >= 11 is 5.28. The molecule has 1 heterocycles. The Kier molecular flexibility index (Phi) is 6.77. The van der Waals surface area contributed by atoms with Crippen molar-refractivity contribution in [2.45, 2.75) is 45.1 Å². The third-order valence-corrected chi connectivity index (χ3v) is 4.19. The van der Waals surface area contributed by atoms with Crippen molar-refractivity contribution < 1.29 is 0 Å². The van der Waals surface area contributed by atoms with E-state index >= 15 is 0 Å². The summed E-state index contributed by atoms with van der Waals surface area (Å²) in [5.74, 6) is 1.96. The van der Waals surface area contributed by atoms with E-state index in [0.29, 0.717) is 0 Å². The smallest absolute Gasteiger partial charge is 0.136 e. The van der Waals surface area contributed by atoms with E-state index in [0.717, 1.165) is 40.8 Å². The van der Waals surface area contributed by atoms with Gasteiger partial charge in [0.2, 0.25) is 0 Å². The molecule has 0 aliphatic heterocycles. The molecule has 0 aliphatic rings. The molecule has 1 rings (SSSR count). The highest BCUT2D eigenvalue weighted by Gasteiger charge is 2.18. The van der Waals surface area contributed by atoms with Crippen LogP contribution in [0.2, 0.25) is 0 Å². The van der Waals surface area contributed by atoms with Gasteiger partial charge in [0.05, 0.1) is 0 Å². The minimum atomic E-state index is -0.0159. The fourth-order valence-corrected chi connectivity index (χ4v) is 3.07. The first-order valence-electron chi connectivity index (χ1n) is 6.77. The van der Waals surface area contributed by atoms with Crippen LogP contribution in [0.1, 0.15) is 40.4 Å². The SMILES string of the molecule is CCN(CC)CCSc1cc(Br)nc(C(C)(C)C)n1. The van der Waals surface area contributed by atoms with Gasteiger partial charge in [-0.1, -0.05) is 34.6 Å². The Bertz CT molecular complexity index is 400. The molecule has 1 aromatic heterocycles. The van der Waals surface area contributed by atoms with Crippen LogP contribution in [0.25, 0.3) is 0 Å². The predicted octanol–water partition coefficient (Wildman–Crippen LogP) is 3.97. The van der Waals surface area contributed by atoms with E-state index in [-0.39, 0.29) is 5.41 Å². The molecule has 0 aliphatic carbocycles. The second-order valence-electron chi connectivity index (χ2n) is 5.48. The highest BCUT2D eigenvalue weighted by atomic mass is 79.9. The van der Waals surface area contributed by atoms with Crippen LogP contribution in [0.5, 0.6) is 0 Å². The van der Waals surface area contributed by atoms with Gasteiger partial charge in [-0.2, -0.15) is 0 Å². The predicted molar refractivity (Wildman–Crippen MR) is 86.9 cm³/mol. The maximum absolute atomic E-state index is 4.66. The summed E-state index contributed by atoms with van der Waals surface area (Å²) < 4.78 is 0.873. The Morgan fingerprint density at radius 2 is 1.84 bits per heavy atom. The molecule has 19 heavy (non-hydrogen) atoms. The number of thioether (sulfide) groups is 1. The molecule has 5 heteroatoms. The Balaban J connectivity index is 2.66. The van der Waals surface area contributed by atoms with E-state index in [1.807, 2.05) is 6.07 Å². The maximum Gasteiger partial charge on any atom is 0.136 e. The average Bonchev–Trinajstić information content (AvgIpc) is 2.33. The van der Waals surface area contributed by atoms with Crippen molar-refractivity contribution in [1.29, 1.82) is 0 Å². The minimum absolute atomic E-state index is 0.0159. The summed E-state index contributed by atoms with van der Waals surface area (Å²) in [5, 5.41) is 1.05. The van der Waals surface area contributed by atoms with Gasteiger partial charge in [0.1, 0.15) is 15.5 Å². The van der Waals surface area contributed by atoms with E-state index in [2.05, 4.69) is 65.4 Å². The monoisotopic (exact) mass is 345 g/mol. The van der Waals surface area contributed by atoms with Crippen molar-refractivity contribution in [3.05, 3.63) is 16.5 Å². The summed E-state index contributed by atoms with van der Waals surface area (Å²) in [6.07, 6.45) is 0. The van der Waals surface area contributed by atoms with Crippen LogP contribution in [0.3, 0.4) is 0 Å². The lowest BCUT2D eigenvalue weighted by atomic mass is 9.96. The highest BCUT2D eigenvalue weighted by Crippen LogP contribution is 2.25. The Hall–Kier alpha value is -0.130. The summed E-state index contributed by atoms with van der Waals surface area (Å²) in [6.45, 7) is 14.1. The Labute approximate surface area is 129 Å². The highest BCUT2D eigenvalue weighted by molar-refractivity contribution is 9.10. The molecule has 0 saturated carbocycles. The van der Waals surface area contributed by atoms with E-state index in [9.17, 15) is 0 Å². The first kappa shape index (κ1) is 16.9. The third kappa shape index (κ3) is 5.79. The first-order valence-corrected chi connectivity index (χ1v) is 8.55. The molecule has 0 radical (unpaired) electrons. The van der Waals surface area contributed by atoms with Gasteiger partial charge >= 0.3 is 0 Å². The van der Waals surface area contributed by atoms with Gasteiger partial charge in [-0.05, 0) is 29.0 Å². The molecule has 0 aromatic carbocycles. The lowest BCUT2D eigenvalue weighted by Gasteiger charge is -2.19. The molecule has 0 fully saturated rings. The number of rotatable bonds is 6. The van der Waals surface area contributed by atoms with Crippen LogP contribution in [0.4, 0.5) is 0 Å². The van der Waals surface area contributed by atoms with Crippen LogP contribution in [0, 0.1) is 0 Å².